The van der Waals surface area contributed by atoms with E-state index in [0.29, 0.717) is 33.1 Å². The van der Waals surface area contributed by atoms with Crippen LogP contribution in [0.4, 0.5) is 45.9 Å². The molecule has 8 heterocycles. The third kappa shape index (κ3) is 19.5. The number of aliphatic hydroxyl groups is 1. The number of esters is 3. The summed E-state index contributed by atoms with van der Waals surface area (Å²) in [4.78, 5) is 83.4. The molecule has 105 heavy (non-hydrogen) atoms. The zero-order valence-electron chi connectivity index (χ0n) is 61.4. The largest absolute Gasteiger partial charge is 0.478 e. The van der Waals surface area contributed by atoms with Gasteiger partial charge in [-0.3, -0.25) is 0 Å². The number of rotatable bonds is 16. The number of aromatic nitrogens is 12. The van der Waals surface area contributed by atoms with Gasteiger partial charge in [0.1, 0.15) is 44.7 Å². The Bertz CT molecular complexity index is 5200. The smallest absolute Gasteiger partial charge is 0.337 e. The fourth-order valence-electron chi connectivity index (χ4n) is 11.1. The number of nitrogens with zero attached hydrogens (tertiary/aromatic N) is 14. The standard InChI is InChI=1S/C18H20N4O2.C17H18N4O2.C17H20N4O.C10H13NO2.C9H11NO2.C7H6ClN3/c1-5-12-8-13(18(23)24-4)6-7-15(12)22(3)17-9-16-14(10-19-17)20-11-21(16)2;1-4-11-7-12(17(22)23-3)5-6-13(11)20-16-8-15-14(9-18-16)19-10-21(15)2;1-4-13-7-12(10-22)5-6-15(13)21(3)17-8-16-14(9-18-17)19-11-20(16)2;1-3-7-6-8(10(12)13-2)4-5-9(7)11;1-2-6-5-7(9(11)12)3-4-8(6)10;1-11-4-10-5-3-9-7(8)2-6(5)11/h6-11H,5H2,1-4H3;5-10H,4H2,1-3H3,(H,18,20);5-9,11,22H,4,10H2,1-3H3;4-6H,3,11H2,1-2H3;3-5H,2,10H2,1H3,(H,11,12);2-4H,1H3. The topological polar surface area (TPSA) is 330 Å². The first-order valence-electron chi connectivity index (χ1n) is 33.6. The molecule has 7 N–H and O–H groups in total. The van der Waals surface area contributed by atoms with Crippen molar-refractivity contribution in [3.63, 3.8) is 0 Å². The van der Waals surface area contributed by atoms with E-state index in [1.807, 2.05) is 141 Å². The number of benzene rings is 5. The summed E-state index contributed by atoms with van der Waals surface area (Å²) in [6.45, 7) is 10.2. The van der Waals surface area contributed by atoms with E-state index in [2.05, 4.69) is 74.7 Å². The van der Waals surface area contributed by atoms with Gasteiger partial charge in [0.25, 0.3) is 0 Å². The van der Waals surface area contributed by atoms with Gasteiger partial charge in [-0.1, -0.05) is 58.4 Å². The van der Waals surface area contributed by atoms with Gasteiger partial charge in [-0.25, -0.2) is 59.0 Å². The second-order valence-electron chi connectivity index (χ2n) is 24.0. The predicted octanol–water partition coefficient (Wildman–Crippen LogP) is 13.7. The molecule has 0 saturated heterocycles. The Morgan fingerprint density at radius 2 is 0.810 bits per heavy atom. The van der Waals surface area contributed by atoms with Crippen LogP contribution < -0.4 is 26.6 Å². The van der Waals surface area contributed by atoms with Crippen LogP contribution in [0.25, 0.3) is 44.1 Å². The van der Waals surface area contributed by atoms with Crippen LogP contribution in [0.1, 0.15) is 109 Å². The summed E-state index contributed by atoms with van der Waals surface area (Å²) in [5.41, 5.74) is 31.3. The maximum absolute atomic E-state index is 11.7. The molecule has 0 unspecified atom stereocenters. The van der Waals surface area contributed by atoms with Crippen molar-refractivity contribution in [2.24, 2.45) is 28.2 Å². The molecule has 0 atom stereocenters. The van der Waals surface area contributed by atoms with Crippen LogP contribution in [0.3, 0.4) is 0 Å². The van der Waals surface area contributed by atoms with E-state index in [4.69, 9.17) is 37.6 Å². The first-order valence-corrected chi connectivity index (χ1v) is 34.0. The van der Waals surface area contributed by atoms with Gasteiger partial charge in [-0.2, -0.15) is 0 Å². The lowest BCUT2D eigenvalue weighted by Crippen LogP contribution is -2.14. The number of carbonyl (C=O) groups excluding carboxylic acids is 3. The Labute approximate surface area is 613 Å². The number of methoxy groups -OCH3 is 3. The number of halogens is 1. The zero-order valence-corrected chi connectivity index (χ0v) is 62.1. The van der Waals surface area contributed by atoms with Gasteiger partial charge < -0.3 is 69.3 Å². The molecule has 5 aromatic carbocycles. The molecule has 0 aliphatic rings. The molecular weight excluding hydrogens is 1350 g/mol. The first-order chi connectivity index (χ1) is 50.4. The number of fused-ring (bicyclic) bond motifs is 4. The van der Waals surface area contributed by atoms with Crippen LogP contribution >= 0.6 is 11.6 Å². The quantitative estimate of drug-likeness (QED) is 0.0260. The molecule has 0 bridgehead atoms. The van der Waals surface area contributed by atoms with Crippen molar-refractivity contribution in [2.45, 2.75) is 73.3 Å². The SMILES string of the molecule is CCc1cc(C(=O)O)ccc1N.CCc1cc(C(=O)OC)ccc1N.CCc1cc(C(=O)OC)ccc1N(C)c1cc2c(cn1)ncn2C.CCc1cc(C(=O)OC)ccc1Nc1cc2c(cn1)ncn2C.CCc1cc(CO)ccc1N(C)c1cc2c(cn1)ncn2C.Cn1cnc2cnc(Cl)cc21. The highest BCUT2D eigenvalue weighted by Gasteiger charge is 2.18. The van der Waals surface area contributed by atoms with Gasteiger partial charge in [0.05, 0.1) is 122 Å². The number of aryl methyl sites for hydroxylation is 9. The minimum absolute atomic E-state index is 0.0657. The van der Waals surface area contributed by atoms with Gasteiger partial charge >= 0.3 is 23.9 Å². The summed E-state index contributed by atoms with van der Waals surface area (Å²) < 4.78 is 22.0. The minimum Gasteiger partial charge on any atom is -0.478 e. The van der Waals surface area contributed by atoms with E-state index in [-0.39, 0.29) is 24.5 Å². The fraction of sp³-hybridized carbons (Fsp3) is 0.256. The molecule has 0 fully saturated rings. The number of aliphatic hydroxyl groups excluding tert-OH is 1. The molecule has 0 radical (unpaired) electrons. The maximum Gasteiger partial charge on any atom is 0.337 e. The van der Waals surface area contributed by atoms with E-state index in [1.165, 1.54) is 33.0 Å². The molecule has 26 nitrogen and oxygen atoms in total. The molecule has 8 aromatic heterocycles. The van der Waals surface area contributed by atoms with Crippen LogP contribution in [0, 0.1) is 0 Å². The van der Waals surface area contributed by atoms with Gasteiger partial charge in [0, 0.05) is 95.0 Å². The molecular formula is C78H88ClN17O9. The molecule has 0 aliphatic heterocycles. The number of nitrogens with two attached hydrogens (primary N) is 2. The minimum atomic E-state index is -0.912. The lowest BCUT2D eigenvalue weighted by Gasteiger charge is -2.22. The van der Waals surface area contributed by atoms with Crippen molar-refractivity contribution in [3.8, 4) is 0 Å². The Balaban J connectivity index is 0.000000163. The van der Waals surface area contributed by atoms with E-state index in [0.717, 1.165) is 144 Å². The van der Waals surface area contributed by atoms with Gasteiger partial charge in [-0.05, 0) is 144 Å². The number of imidazole rings is 4. The average Bonchev–Trinajstić information content (AvgIpc) is 1.80. The van der Waals surface area contributed by atoms with Gasteiger partial charge in [0.15, 0.2) is 0 Å². The van der Waals surface area contributed by atoms with E-state index in [1.54, 1.807) is 98.6 Å². The van der Waals surface area contributed by atoms with Crippen LogP contribution in [0.2, 0.25) is 5.15 Å². The number of aromatic carboxylic acids is 1. The highest BCUT2D eigenvalue weighted by atomic mass is 35.5. The highest BCUT2D eigenvalue weighted by molar-refractivity contribution is 6.30. The van der Waals surface area contributed by atoms with E-state index < -0.39 is 5.97 Å². The summed E-state index contributed by atoms with van der Waals surface area (Å²) in [5, 5.41) is 21.8. The number of nitrogens with one attached hydrogen (secondary N) is 1. The average molecular weight is 1440 g/mol. The summed E-state index contributed by atoms with van der Waals surface area (Å²) in [6, 6.07) is 34.8. The lowest BCUT2D eigenvalue weighted by molar-refractivity contribution is 0.0592. The van der Waals surface area contributed by atoms with Crippen LogP contribution in [0.15, 0.2) is 165 Å². The number of anilines is 8. The summed E-state index contributed by atoms with van der Waals surface area (Å²) in [5.74, 6) is 0.546. The molecule has 0 amide bonds. The Morgan fingerprint density at radius 3 is 1.25 bits per heavy atom. The summed E-state index contributed by atoms with van der Waals surface area (Å²) in [7, 11) is 15.9. The number of hydrogen-bond donors (Lipinski definition) is 5. The third-order valence-electron chi connectivity index (χ3n) is 17.3. The molecule has 0 spiro atoms. The maximum atomic E-state index is 11.7. The fourth-order valence-corrected chi connectivity index (χ4v) is 11.3. The van der Waals surface area contributed by atoms with Crippen LogP contribution in [0.5, 0.6) is 0 Å². The number of carboxylic acid groups (broad SMARTS) is 1. The lowest BCUT2D eigenvalue weighted by atomic mass is 10.1. The van der Waals surface area contributed by atoms with Gasteiger partial charge in [0.2, 0.25) is 0 Å². The second-order valence-corrected chi connectivity index (χ2v) is 24.4. The number of ether oxygens (including phenoxy) is 3. The second kappa shape index (κ2) is 36.5. The molecule has 13 rings (SSSR count). The Morgan fingerprint density at radius 1 is 0.448 bits per heavy atom. The molecule has 546 valence electrons. The number of hydrogen-bond acceptors (Lipinski definition) is 21. The highest BCUT2D eigenvalue weighted by Crippen LogP contribution is 2.32. The van der Waals surface area contributed by atoms with Crippen molar-refractivity contribution < 1.29 is 43.6 Å². The Kier molecular flexibility index (Phi) is 27.3. The first kappa shape index (κ1) is 78.4. The van der Waals surface area contributed by atoms with E-state index >= 15 is 0 Å². The number of carbonyl (C=O) groups is 4. The molecule has 0 saturated carbocycles. The number of nitrogen functional groups attached to an aromatic ring is 2. The number of pyridine rings is 4. The van der Waals surface area contributed by atoms with Crippen molar-refractivity contribution in [1.82, 2.24) is 58.1 Å². The molecule has 0 aliphatic carbocycles. The van der Waals surface area contributed by atoms with Crippen molar-refractivity contribution in [2.75, 3.05) is 62.0 Å². The zero-order chi connectivity index (χ0) is 76.2. The van der Waals surface area contributed by atoms with Crippen molar-refractivity contribution >= 4 is 126 Å². The van der Waals surface area contributed by atoms with E-state index in [9.17, 15) is 24.3 Å². The summed E-state index contributed by atoms with van der Waals surface area (Å²) in [6.07, 6.45) is 18.1. The van der Waals surface area contributed by atoms with Crippen molar-refractivity contribution in [3.05, 3.63) is 226 Å². The molecule has 27 heteroatoms. The van der Waals surface area contributed by atoms with Gasteiger partial charge in [-0.15, -0.1) is 0 Å². The predicted molar refractivity (Wildman–Crippen MR) is 413 cm³/mol. The van der Waals surface area contributed by atoms with Crippen LogP contribution in [-0.2, 0) is 81.1 Å². The number of carboxylic acids is 1. The van der Waals surface area contributed by atoms with Crippen LogP contribution in [-0.4, -0.2) is 128 Å². The summed E-state index contributed by atoms with van der Waals surface area (Å²) >= 11 is 5.70. The monoisotopic (exact) mass is 1440 g/mol. The van der Waals surface area contributed by atoms with Crippen molar-refractivity contribution in [1.29, 1.82) is 0 Å². The Hall–Kier alpha value is -12.3. The normalized spacial score (nSPS) is 10.6. The molecule has 13 aromatic rings. The third-order valence-corrected chi connectivity index (χ3v) is 17.5.